The lowest BCUT2D eigenvalue weighted by atomic mass is 10.1. The zero-order valence-corrected chi connectivity index (χ0v) is 16.7. The average molecular weight is 401 g/mol. The Morgan fingerprint density at radius 3 is 2.61 bits per heavy atom. The lowest BCUT2D eigenvalue weighted by Gasteiger charge is -2.12. The molecule has 0 radical (unpaired) electrons. The Bertz CT molecular complexity index is 939. The fraction of sp³-hybridized carbons (Fsp3) is 0.333. The van der Waals surface area contributed by atoms with Gasteiger partial charge in [-0.05, 0) is 36.8 Å². The van der Waals surface area contributed by atoms with Crippen LogP contribution in [-0.4, -0.2) is 42.5 Å². The van der Waals surface area contributed by atoms with Crippen molar-refractivity contribution in [3.05, 3.63) is 53.0 Å². The molecule has 3 aromatic rings. The lowest BCUT2D eigenvalue weighted by molar-refractivity contribution is -0.148. The Kier molecular flexibility index (Phi) is 6.84. The molecule has 1 unspecified atom stereocenters. The van der Waals surface area contributed by atoms with Crippen LogP contribution in [-0.2, 0) is 16.0 Å². The Morgan fingerprint density at radius 1 is 1.14 bits per heavy atom. The molecule has 7 heteroatoms. The van der Waals surface area contributed by atoms with E-state index in [-0.39, 0.29) is 0 Å². The van der Waals surface area contributed by atoms with Crippen molar-refractivity contribution in [2.75, 3.05) is 20.3 Å². The van der Waals surface area contributed by atoms with Gasteiger partial charge in [-0.2, -0.15) is 0 Å². The second kappa shape index (κ2) is 9.52. The zero-order chi connectivity index (χ0) is 19.9. The van der Waals surface area contributed by atoms with Crippen molar-refractivity contribution in [2.24, 2.45) is 0 Å². The van der Waals surface area contributed by atoms with Crippen LogP contribution in [0.25, 0.3) is 10.2 Å². The number of benzene rings is 2. The topological polar surface area (TPSA) is 77.9 Å². The van der Waals surface area contributed by atoms with Crippen LogP contribution in [0.15, 0.2) is 42.5 Å². The van der Waals surface area contributed by atoms with Gasteiger partial charge in [-0.25, -0.2) is 9.78 Å². The Morgan fingerprint density at radius 2 is 1.89 bits per heavy atom. The molecule has 0 saturated carbocycles. The van der Waals surface area contributed by atoms with Crippen molar-refractivity contribution >= 4 is 27.5 Å². The van der Waals surface area contributed by atoms with Crippen molar-refractivity contribution in [3.63, 3.8) is 0 Å². The van der Waals surface area contributed by atoms with E-state index in [9.17, 15) is 4.79 Å². The second-order valence-electron chi connectivity index (χ2n) is 6.33. The minimum Gasteiger partial charge on any atom is -0.493 e. The summed E-state index contributed by atoms with van der Waals surface area (Å²) < 4.78 is 17.7. The van der Waals surface area contributed by atoms with Crippen LogP contribution in [0.1, 0.15) is 17.0 Å². The van der Waals surface area contributed by atoms with E-state index in [1.165, 1.54) is 7.11 Å². The van der Waals surface area contributed by atoms with E-state index >= 15 is 0 Å². The van der Waals surface area contributed by atoms with Crippen molar-refractivity contribution in [2.45, 2.75) is 25.9 Å². The monoisotopic (exact) mass is 401 g/mol. The number of aromatic nitrogens is 1. The highest BCUT2D eigenvalue weighted by Gasteiger charge is 2.16. The summed E-state index contributed by atoms with van der Waals surface area (Å²) in [7, 11) is 1.40. The van der Waals surface area contributed by atoms with E-state index < -0.39 is 12.1 Å². The standard InChI is InChI=1S/C21H23NO5S/c1-14-22-18-13-17(7-8-20(18)28-14)27-10-4-9-26-16-6-3-5-15(11-16)12-19(25-2)21(23)24/h3,5-8,11,13,19H,4,9-10,12H2,1-2H3,(H,23,24). The van der Waals surface area contributed by atoms with Gasteiger partial charge < -0.3 is 19.3 Å². The first-order valence-electron chi connectivity index (χ1n) is 9.02. The SMILES string of the molecule is COC(Cc1cccc(OCCCOc2ccc3sc(C)nc3c2)c1)C(=O)O. The fourth-order valence-electron chi connectivity index (χ4n) is 2.80. The minimum absolute atomic E-state index is 0.296. The first kappa shape index (κ1) is 20.1. The molecule has 0 bridgehead atoms. The summed E-state index contributed by atoms with van der Waals surface area (Å²) in [5, 5.41) is 10.1. The number of rotatable bonds is 10. The molecule has 28 heavy (non-hydrogen) atoms. The Hall–Kier alpha value is -2.64. The van der Waals surface area contributed by atoms with E-state index in [0.717, 1.165) is 33.0 Å². The summed E-state index contributed by atoms with van der Waals surface area (Å²) in [6.45, 7) is 3.04. The maximum absolute atomic E-state index is 11.1. The van der Waals surface area contributed by atoms with E-state index in [1.807, 2.05) is 49.4 Å². The van der Waals surface area contributed by atoms with Crippen molar-refractivity contribution in [1.82, 2.24) is 4.98 Å². The molecule has 0 fully saturated rings. The molecule has 0 aliphatic heterocycles. The number of aliphatic carboxylic acids is 1. The summed E-state index contributed by atoms with van der Waals surface area (Å²) in [5.74, 6) is 0.535. The number of thiazole rings is 1. The third-order valence-electron chi connectivity index (χ3n) is 4.17. The molecule has 2 aromatic carbocycles. The Balaban J connectivity index is 1.44. The third-order valence-corrected chi connectivity index (χ3v) is 5.12. The molecule has 0 spiro atoms. The van der Waals surface area contributed by atoms with Gasteiger partial charge in [0.2, 0.25) is 0 Å². The van der Waals surface area contributed by atoms with Gasteiger partial charge in [0.15, 0.2) is 6.10 Å². The van der Waals surface area contributed by atoms with Crippen molar-refractivity contribution in [3.8, 4) is 11.5 Å². The van der Waals surface area contributed by atoms with Crippen molar-refractivity contribution < 1.29 is 24.1 Å². The normalized spacial score (nSPS) is 12.1. The summed E-state index contributed by atoms with van der Waals surface area (Å²) >= 11 is 1.67. The van der Waals surface area contributed by atoms with Gasteiger partial charge in [0, 0.05) is 26.0 Å². The van der Waals surface area contributed by atoms with E-state index in [2.05, 4.69) is 4.98 Å². The number of hydrogen-bond donors (Lipinski definition) is 1. The molecule has 1 atom stereocenters. The van der Waals surface area contributed by atoms with Crippen LogP contribution in [0.3, 0.4) is 0 Å². The number of nitrogens with zero attached hydrogens (tertiary/aromatic N) is 1. The first-order chi connectivity index (χ1) is 13.5. The van der Waals surface area contributed by atoms with Gasteiger partial charge in [-0.3, -0.25) is 0 Å². The molecule has 6 nitrogen and oxygen atoms in total. The van der Waals surface area contributed by atoms with Crippen LogP contribution < -0.4 is 9.47 Å². The van der Waals surface area contributed by atoms with Gasteiger partial charge >= 0.3 is 5.97 Å². The summed E-state index contributed by atoms with van der Waals surface area (Å²) in [5.41, 5.74) is 1.82. The highest BCUT2D eigenvalue weighted by molar-refractivity contribution is 7.18. The Labute approximate surface area is 167 Å². The van der Waals surface area contributed by atoms with Crippen LogP contribution in [0.2, 0.25) is 0 Å². The highest BCUT2D eigenvalue weighted by atomic mass is 32.1. The number of methoxy groups -OCH3 is 1. The number of fused-ring (bicyclic) bond motifs is 1. The first-order valence-corrected chi connectivity index (χ1v) is 9.84. The highest BCUT2D eigenvalue weighted by Crippen LogP contribution is 2.25. The summed E-state index contributed by atoms with van der Waals surface area (Å²) in [4.78, 5) is 15.6. The third kappa shape index (κ3) is 5.43. The molecule has 1 heterocycles. The van der Waals surface area contributed by atoms with Crippen LogP contribution in [0.4, 0.5) is 0 Å². The van der Waals surface area contributed by atoms with Crippen LogP contribution >= 0.6 is 11.3 Å². The van der Waals surface area contributed by atoms with Crippen LogP contribution in [0, 0.1) is 6.92 Å². The molecule has 0 aliphatic rings. The largest absolute Gasteiger partial charge is 0.493 e. The van der Waals surface area contributed by atoms with Crippen LogP contribution in [0.5, 0.6) is 11.5 Å². The van der Waals surface area contributed by atoms with Gasteiger partial charge in [0.05, 0.1) is 28.4 Å². The second-order valence-corrected chi connectivity index (χ2v) is 7.56. The van der Waals surface area contributed by atoms with Gasteiger partial charge in [-0.15, -0.1) is 11.3 Å². The predicted molar refractivity (Wildman–Crippen MR) is 109 cm³/mol. The molecule has 0 aliphatic carbocycles. The molecular weight excluding hydrogens is 378 g/mol. The molecule has 1 aromatic heterocycles. The molecule has 148 valence electrons. The van der Waals surface area contributed by atoms with E-state index in [1.54, 1.807) is 11.3 Å². The van der Waals surface area contributed by atoms with E-state index in [4.69, 9.17) is 19.3 Å². The molecule has 3 rings (SSSR count). The quantitative estimate of drug-likeness (QED) is 0.516. The fourth-order valence-corrected chi connectivity index (χ4v) is 3.61. The van der Waals surface area contributed by atoms with Gasteiger partial charge in [-0.1, -0.05) is 12.1 Å². The van der Waals surface area contributed by atoms with Gasteiger partial charge in [0.1, 0.15) is 11.5 Å². The number of carbonyl (C=O) groups is 1. The predicted octanol–water partition coefficient (Wildman–Crippen LogP) is 4.09. The zero-order valence-electron chi connectivity index (χ0n) is 15.9. The maximum Gasteiger partial charge on any atom is 0.333 e. The van der Waals surface area contributed by atoms with Gasteiger partial charge in [0.25, 0.3) is 0 Å². The number of aryl methyl sites for hydroxylation is 1. The molecule has 0 amide bonds. The number of ether oxygens (including phenoxy) is 3. The molecule has 0 saturated heterocycles. The number of hydrogen-bond acceptors (Lipinski definition) is 6. The number of carboxylic acids is 1. The van der Waals surface area contributed by atoms with Crippen molar-refractivity contribution in [1.29, 1.82) is 0 Å². The lowest BCUT2D eigenvalue weighted by Crippen LogP contribution is -2.24. The average Bonchev–Trinajstić information content (AvgIpc) is 3.05. The molecular formula is C21H23NO5S. The van der Waals surface area contributed by atoms with E-state index in [0.29, 0.717) is 25.4 Å². The summed E-state index contributed by atoms with van der Waals surface area (Å²) in [6, 6.07) is 13.3. The summed E-state index contributed by atoms with van der Waals surface area (Å²) in [6.07, 6.45) is 0.168. The number of carboxylic acid groups (broad SMARTS) is 1. The maximum atomic E-state index is 11.1. The molecule has 1 N–H and O–H groups in total. The smallest absolute Gasteiger partial charge is 0.333 e. The minimum atomic E-state index is -0.975.